The van der Waals surface area contributed by atoms with E-state index in [1.807, 2.05) is 0 Å². The lowest BCUT2D eigenvalue weighted by molar-refractivity contribution is 0.0677. The molecule has 0 aliphatic carbocycles. The summed E-state index contributed by atoms with van der Waals surface area (Å²) in [4.78, 5) is 11.6. The summed E-state index contributed by atoms with van der Waals surface area (Å²) in [7, 11) is 0. The molecule has 5 N–H and O–H groups in total. The summed E-state index contributed by atoms with van der Waals surface area (Å²) >= 11 is 0. The molecule has 0 aliphatic rings. The van der Waals surface area contributed by atoms with E-state index >= 15 is 0 Å². The first kappa shape index (κ1) is 14.9. The van der Waals surface area contributed by atoms with Gasteiger partial charge in [-0.05, 0) is 37.3 Å². The molecule has 2 aromatic carbocycles. The molecule has 3 aromatic rings. The summed E-state index contributed by atoms with van der Waals surface area (Å²) in [5.74, 6) is -1.38. The Labute approximate surface area is 130 Å². The van der Waals surface area contributed by atoms with Crippen LogP contribution in [0.3, 0.4) is 0 Å². The molecule has 0 bridgehead atoms. The van der Waals surface area contributed by atoms with Crippen LogP contribution in [0, 0.1) is 12.7 Å². The SMILES string of the molecule is Cc1c(C(=O)NO)oc2ccc(F)c(Nc3cccc(N)c3)c12. The Hall–Kier alpha value is -3.06. The molecule has 0 atom stereocenters. The summed E-state index contributed by atoms with van der Waals surface area (Å²) in [5.41, 5.74) is 9.28. The number of fused-ring (bicyclic) bond motifs is 1. The maximum absolute atomic E-state index is 14.3. The van der Waals surface area contributed by atoms with Gasteiger partial charge in [-0.3, -0.25) is 10.0 Å². The van der Waals surface area contributed by atoms with Gasteiger partial charge in [0.1, 0.15) is 11.4 Å². The first-order chi connectivity index (χ1) is 11.0. The number of nitrogens with two attached hydrogens (primary N) is 1. The van der Waals surface area contributed by atoms with Crippen molar-refractivity contribution in [3.63, 3.8) is 0 Å². The van der Waals surface area contributed by atoms with Crippen molar-refractivity contribution < 1.29 is 18.8 Å². The zero-order valence-electron chi connectivity index (χ0n) is 12.2. The largest absolute Gasteiger partial charge is 0.450 e. The van der Waals surface area contributed by atoms with Gasteiger partial charge in [0.05, 0.1) is 11.1 Å². The van der Waals surface area contributed by atoms with Crippen molar-refractivity contribution in [3.05, 3.63) is 53.5 Å². The lowest BCUT2D eigenvalue weighted by atomic mass is 10.1. The summed E-state index contributed by atoms with van der Waals surface area (Å²) in [5, 5.41) is 12.1. The molecule has 1 amide bonds. The molecule has 0 spiro atoms. The van der Waals surface area contributed by atoms with Gasteiger partial charge in [0.25, 0.3) is 0 Å². The number of hydrogen-bond acceptors (Lipinski definition) is 5. The molecule has 1 heterocycles. The van der Waals surface area contributed by atoms with Gasteiger partial charge in [-0.25, -0.2) is 9.87 Å². The molecule has 0 saturated carbocycles. The van der Waals surface area contributed by atoms with Crippen LogP contribution in [0.1, 0.15) is 16.1 Å². The van der Waals surface area contributed by atoms with Crippen molar-refractivity contribution in [2.45, 2.75) is 6.92 Å². The summed E-state index contributed by atoms with van der Waals surface area (Å²) < 4.78 is 19.7. The molecular weight excluding hydrogens is 301 g/mol. The minimum Gasteiger partial charge on any atom is -0.450 e. The highest BCUT2D eigenvalue weighted by molar-refractivity contribution is 6.03. The quantitative estimate of drug-likeness (QED) is 0.337. The van der Waals surface area contributed by atoms with Crippen LogP contribution in [-0.4, -0.2) is 11.1 Å². The number of hydrogen-bond donors (Lipinski definition) is 4. The van der Waals surface area contributed by atoms with Crippen molar-refractivity contribution >= 4 is 33.9 Å². The molecule has 6 nitrogen and oxygen atoms in total. The lowest BCUT2D eigenvalue weighted by Gasteiger charge is -2.10. The highest BCUT2D eigenvalue weighted by Gasteiger charge is 2.21. The number of carbonyl (C=O) groups excluding carboxylic acids is 1. The number of furan rings is 1. The molecule has 0 radical (unpaired) electrons. The van der Waals surface area contributed by atoms with Gasteiger partial charge in [-0.15, -0.1) is 0 Å². The van der Waals surface area contributed by atoms with Crippen LogP contribution in [0.4, 0.5) is 21.5 Å². The molecule has 1 aromatic heterocycles. The van der Waals surface area contributed by atoms with E-state index in [9.17, 15) is 9.18 Å². The highest BCUT2D eigenvalue weighted by Crippen LogP contribution is 2.35. The Bertz CT molecular complexity index is 905. The number of benzene rings is 2. The number of amides is 1. The summed E-state index contributed by atoms with van der Waals surface area (Å²) in [6, 6.07) is 9.52. The van der Waals surface area contributed by atoms with E-state index in [4.69, 9.17) is 15.4 Å². The number of nitrogens with one attached hydrogen (secondary N) is 2. The average molecular weight is 315 g/mol. The predicted molar refractivity (Wildman–Crippen MR) is 84.3 cm³/mol. The van der Waals surface area contributed by atoms with Gasteiger partial charge in [0.2, 0.25) is 0 Å². The Kier molecular flexibility index (Phi) is 3.63. The number of anilines is 3. The summed E-state index contributed by atoms with van der Waals surface area (Å²) in [6.45, 7) is 1.61. The molecule has 118 valence electrons. The van der Waals surface area contributed by atoms with E-state index in [0.29, 0.717) is 27.9 Å². The molecule has 0 fully saturated rings. The lowest BCUT2D eigenvalue weighted by Crippen LogP contribution is -2.18. The predicted octanol–water partition coefficient (Wildman–Crippen LogP) is 3.33. The monoisotopic (exact) mass is 315 g/mol. The average Bonchev–Trinajstić information content (AvgIpc) is 2.87. The zero-order valence-corrected chi connectivity index (χ0v) is 12.2. The fraction of sp³-hybridized carbons (Fsp3) is 0.0625. The maximum Gasteiger partial charge on any atom is 0.310 e. The normalized spacial score (nSPS) is 10.7. The van der Waals surface area contributed by atoms with Crippen LogP contribution >= 0.6 is 0 Å². The number of rotatable bonds is 3. The molecule has 3 rings (SSSR count). The number of aryl methyl sites for hydroxylation is 1. The van der Waals surface area contributed by atoms with Gasteiger partial charge in [-0.2, -0.15) is 0 Å². The van der Waals surface area contributed by atoms with Crippen molar-refractivity contribution in [1.29, 1.82) is 0 Å². The van der Waals surface area contributed by atoms with E-state index in [0.717, 1.165) is 0 Å². The van der Waals surface area contributed by atoms with Gasteiger partial charge in [0.15, 0.2) is 5.76 Å². The molecule has 0 unspecified atom stereocenters. The Morgan fingerprint density at radius 2 is 2.09 bits per heavy atom. The van der Waals surface area contributed by atoms with Crippen LogP contribution in [0.5, 0.6) is 0 Å². The number of halogens is 1. The molecule has 0 aliphatic heterocycles. The van der Waals surface area contributed by atoms with Crippen molar-refractivity contribution in [2.75, 3.05) is 11.1 Å². The third-order valence-electron chi connectivity index (χ3n) is 3.51. The Balaban J connectivity index is 2.17. The van der Waals surface area contributed by atoms with Crippen LogP contribution < -0.4 is 16.5 Å². The van der Waals surface area contributed by atoms with Gasteiger partial charge in [0, 0.05) is 16.9 Å². The number of nitrogen functional groups attached to an aromatic ring is 1. The smallest absolute Gasteiger partial charge is 0.310 e. The third-order valence-corrected chi connectivity index (χ3v) is 3.51. The van der Waals surface area contributed by atoms with Crippen LogP contribution in [0.15, 0.2) is 40.8 Å². The van der Waals surface area contributed by atoms with Gasteiger partial charge >= 0.3 is 5.91 Å². The second-order valence-electron chi connectivity index (χ2n) is 5.04. The third kappa shape index (κ3) is 2.58. The fourth-order valence-electron chi connectivity index (χ4n) is 2.47. The highest BCUT2D eigenvalue weighted by atomic mass is 19.1. The summed E-state index contributed by atoms with van der Waals surface area (Å²) in [6.07, 6.45) is 0. The standard InChI is InChI=1S/C16H14FN3O3/c1-8-13-12(23-15(8)16(21)20-22)6-5-11(17)14(13)19-10-4-2-3-9(18)7-10/h2-7,19,22H,18H2,1H3,(H,20,21). The number of hydroxylamine groups is 1. The van der Waals surface area contributed by atoms with Crippen LogP contribution in [0.25, 0.3) is 11.0 Å². The second-order valence-corrected chi connectivity index (χ2v) is 5.04. The minimum atomic E-state index is -0.797. The first-order valence-electron chi connectivity index (χ1n) is 6.80. The molecule has 7 heteroatoms. The van der Waals surface area contributed by atoms with E-state index in [1.165, 1.54) is 17.6 Å². The van der Waals surface area contributed by atoms with Crippen LogP contribution in [0.2, 0.25) is 0 Å². The van der Waals surface area contributed by atoms with Crippen LogP contribution in [-0.2, 0) is 0 Å². The zero-order chi connectivity index (χ0) is 16.6. The Morgan fingerprint density at radius 3 is 2.78 bits per heavy atom. The molecular formula is C16H14FN3O3. The van der Waals surface area contributed by atoms with Crippen molar-refractivity contribution in [2.24, 2.45) is 0 Å². The van der Waals surface area contributed by atoms with E-state index in [2.05, 4.69) is 5.32 Å². The fourth-order valence-corrected chi connectivity index (χ4v) is 2.47. The van der Waals surface area contributed by atoms with E-state index in [1.54, 1.807) is 31.2 Å². The van der Waals surface area contributed by atoms with E-state index < -0.39 is 11.7 Å². The topological polar surface area (TPSA) is 101 Å². The van der Waals surface area contributed by atoms with Crippen molar-refractivity contribution in [3.8, 4) is 0 Å². The molecule has 0 saturated heterocycles. The second kappa shape index (κ2) is 5.62. The van der Waals surface area contributed by atoms with E-state index in [-0.39, 0.29) is 11.4 Å². The minimum absolute atomic E-state index is 0.0799. The Morgan fingerprint density at radius 1 is 1.30 bits per heavy atom. The molecule has 23 heavy (non-hydrogen) atoms. The van der Waals surface area contributed by atoms with Gasteiger partial charge in [-0.1, -0.05) is 6.07 Å². The van der Waals surface area contributed by atoms with Crippen molar-refractivity contribution in [1.82, 2.24) is 5.48 Å². The number of carbonyl (C=O) groups is 1. The van der Waals surface area contributed by atoms with Gasteiger partial charge < -0.3 is 15.5 Å². The maximum atomic E-state index is 14.3. The first-order valence-corrected chi connectivity index (χ1v) is 6.80.